The Kier molecular flexibility index (Phi) is 6.08. The van der Waals surface area contributed by atoms with Crippen molar-refractivity contribution >= 4 is 20.1 Å². The van der Waals surface area contributed by atoms with Crippen molar-refractivity contribution in [2.45, 2.75) is 25.4 Å². The van der Waals surface area contributed by atoms with E-state index in [9.17, 15) is 5.11 Å². The maximum Gasteiger partial charge on any atom is 0.123 e. The van der Waals surface area contributed by atoms with Gasteiger partial charge in [-0.05, 0) is 22.0 Å². The van der Waals surface area contributed by atoms with Crippen molar-refractivity contribution in [3.05, 3.63) is 95.1 Å². The molecule has 0 aromatic heterocycles. The van der Waals surface area contributed by atoms with Crippen molar-refractivity contribution in [1.82, 2.24) is 0 Å². The molecule has 1 N–H and O–H groups in total. The summed E-state index contributed by atoms with van der Waals surface area (Å²) in [6.07, 6.45) is 2.64. The Morgan fingerprint density at radius 2 is 1.63 bits per heavy atom. The zero-order valence-electron chi connectivity index (χ0n) is 16.1. The highest BCUT2D eigenvalue weighted by molar-refractivity contribution is 7.48. The Bertz CT molecular complexity index is 932. The van der Waals surface area contributed by atoms with Crippen LogP contribution in [0.25, 0.3) is 0 Å². The third kappa shape index (κ3) is 4.64. The minimum Gasteiger partial charge on any atom is -0.507 e. The van der Waals surface area contributed by atoms with Gasteiger partial charge in [-0.3, -0.25) is 4.99 Å². The molecule has 0 aliphatic carbocycles. The van der Waals surface area contributed by atoms with Crippen LogP contribution in [0.4, 0.5) is 0 Å². The number of phenolic OH excluding ortho intramolecular Hbond substituents is 1. The van der Waals surface area contributed by atoms with E-state index in [1.54, 1.807) is 7.05 Å². The molecule has 0 amide bonds. The lowest BCUT2D eigenvalue weighted by Crippen LogP contribution is -2.17. The predicted octanol–water partition coefficient (Wildman–Crippen LogP) is 5.27. The molecule has 138 valence electrons. The number of nitrogens with zero attached hydrogens (tertiary/aromatic N) is 1. The van der Waals surface area contributed by atoms with Gasteiger partial charge in [0, 0.05) is 30.4 Å². The zero-order chi connectivity index (χ0) is 19.3. The van der Waals surface area contributed by atoms with Crippen molar-refractivity contribution < 1.29 is 5.11 Å². The van der Waals surface area contributed by atoms with Gasteiger partial charge < -0.3 is 5.11 Å². The number of hydrogen-bond acceptors (Lipinski definition) is 2. The van der Waals surface area contributed by atoms with Crippen LogP contribution in [0, 0.1) is 0 Å². The summed E-state index contributed by atoms with van der Waals surface area (Å²) >= 11 is 0. The smallest absolute Gasteiger partial charge is 0.123 e. The van der Waals surface area contributed by atoms with Gasteiger partial charge in [0.25, 0.3) is 0 Å². The number of aromatic hydroxyl groups is 1. The van der Waals surface area contributed by atoms with Crippen LogP contribution in [0.3, 0.4) is 0 Å². The van der Waals surface area contributed by atoms with Gasteiger partial charge in [0.05, 0.1) is 0 Å². The summed E-state index contributed by atoms with van der Waals surface area (Å²) in [5, 5.41) is 12.1. The van der Waals surface area contributed by atoms with E-state index < -0.39 is 0 Å². The van der Waals surface area contributed by atoms with Crippen LogP contribution in [0.15, 0.2) is 77.8 Å². The highest BCUT2D eigenvalue weighted by atomic mass is 31.1. The average Bonchev–Trinajstić information content (AvgIpc) is 2.66. The third-order valence-corrected chi connectivity index (χ3v) is 6.33. The first-order chi connectivity index (χ1) is 13.0. The Morgan fingerprint density at radius 3 is 2.37 bits per heavy atom. The van der Waals surface area contributed by atoms with Crippen LogP contribution in [-0.4, -0.2) is 18.4 Å². The maximum absolute atomic E-state index is 11.0. The summed E-state index contributed by atoms with van der Waals surface area (Å²) in [5.41, 5.74) is 4.32. The SMILES string of the molecule is CN=Cc1ccccc1PC(C)(C)c1cccc(Cc2ccccc2)c1O. The van der Waals surface area contributed by atoms with Crippen LogP contribution < -0.4 is 5.30 Å². The molecule has 0 aliphatic rings. The number of benzene rings is 3. The van der Waals surface area contributed by atoms with Crippen molar-refractivity contribution in [1.29, 1.82) is 0 Å². The van der Waals surface area contributed by atoms with Crippen molar-refractivity contribution in [2.75, 3.05) is 7.05 Å². The Morgan fingerprint density at radius 1 is 0.926 bits per heavy atom. The van der Waals surface area contributed by atoms with Crippen LogP contribution >= 0.6 is 8.58 Å². The number of rotatable bonds is 6. The van der Waals surface area contributed by atoms with E-state index in [4.69, 9.17) is 0 Å². The Labute approximate surface area is 163 Å². The molecule has 3 rings (SSSR count). The van der Waals surface area contributed by atoms with E-state index in [1.165, 1.54) is 10.9 Å². The number of para-hydroxylation sites is 1. The summed E-state index contributed by atoms with van der Waals surface area (Å²) in [5.74, 6) is 0.417. The molecule has 3 heteroatoms. The minimum atomic E-state index is -0.172. The largest absolute Gasteiger partial charge is 0.507 e. The van der Waals surface area contributed by atoms with Crippen molar-refractivity contribution in [3.63, 3.8) is 0 Å². The van der Waals surface area contributed by atoms with Gasteiger partial charge in [-0.15, -0.1) is 0 Å². The Balaban J connectivity index is 1.92. The van der Waals surface area contributed by atoms with E-state index in [2.05, 4.69) is 55.2 Å². The van der Waals surface area contributed by atoms with Gasteiger partial charge in [0.15, 0.2) is 0 Å². The molecular weight excluding hydrogens is 349 g/mol. The van der Waals surface area contributed by atoms with Crippen molar-refractivity contribution in [3.8, 4) is 5.75 Å². The predicted molar refractivity (Wildman–Crippen MR) is 118 cm³/mol. The summed E-state index contributed by atoms with van der Waals surface area (Å²) in [7, 11) is 2.32. The van der Waals surface area contributed by atoms with Gasteiger partial charge >= 0.3 is 0 Å². The fraction of sp³-hybridized carbons (Fsp3) is 0.208. The fourth-order valence-electron chi connectivity index (χ4n) is 3.32. The molecule has 0 aliphatic heterocycles. The molecular formula is C24H26NOP. The van der Waals surface area contributed by atoms with Gasteiger partial charge in [-0.1, -0.05) is 95.2 Å². The van der Waals surface area contributed by atoms with E-state index in [-0.39, 0.29) is 5.16 Å². The summed E-state index contributed by atoms with van der Waals surface area (Å²) in [6.45, 7) is 4.40. The molecule has 3 aromatic rings. The highest BCUT2D eigenvalue weighted by Crippen LogP contribution is 2.45. The number of aliphatic imine (C=N–C) groups is 1. The molecule has 0 spiro atoms. The fourth-order valence-corrected chi connectivity index (χ4v) is 4.80. The molecule has 0 saturated carbocycles. The molecule has 0 heterocycles. The molecule has 0 radical (unpaired) electrons. The normalized spacial score (nSPS) is 12.3. The average molecular weight is 375 g/mol. The van der Waals surface area contributed by atoms with Gasteiger partial charge in [0.1, 0.15) is 5.75 Å². The first-order valence-electron chi connectivity index (χ1n) is 9.16. The molecule has 3 aromatic carbocycles. The third-order valence-electron chi connectivity index (χ3n) is 4.71. The van der Waals surface area contributed by atoms with Gasteiger partial charge in [-0.25, -0.2) is 0 Å². The number of phenols is 1. The molecule has 0 bridgehead atoms. The summed E-state index contributed by atoms with van der Waals surface area (Å²) in [6, 6.07) is 24.8. The lowest BCUT2D eigenvalue weighted by molar-refractivity contribution is 0.456. The van der Waals surface area contributed by atoms with E-state index >= 15 is 0 Å². The lowest BCUT2D eigenvalue weighted by Gasteiger charge is -2.28. The lowest BCUT2D eigenvalue weighted by atomic mass is 9.95. The molecule has 0 saturated heterocycles. The van der Waals surface area contributed by atoms with Gasteiger partial charge in [0.2, 0.25) is 0 Å². The van der Waals surface area contributed by atoms with E-state index in [0.717, 1.165) is 23.1 Å². The number of hydrogen-bond donors (Lipinski definition) is 1. The second-order valence-corrected chi connectivity index (χ2v) is 9.24. The molecule has 2 nitrogen and oxygen atoms in total. The first-order valence-corrected chi connectivity index (χ1v) is 10.2. The summed E-state index contributed by atoms with van der Waals surface area (Å²) < 4.78 is 0. The molecule has 1 unspecified atom stereocenters. The maximum atomic E-state index is 11.0. The molecule has 0 fully saturated rings. The van der Waals surface area contributed by atoms with Crippen LogP contribution in [0.5, 0.6) is 5.75 Å². The Hall–Kier alpha value is -2.44. The van der Waals surface area contributed by atoms with E-state index in [1.807, 2.05) is 42.6 Å². The monoisotopic (exact) mass is 375 g/mol. The van der Waals surface area contributed by atoms with Crippen LogP contribution in [0.1, 0.15) is 36.1 Å². The van der Waals surface area contributed by atoms with Gasteiger partial charge in [-0.2, -0.15) is 0 Å². The second-order valence-electron chi connectivity index (χ2n) is 7.20. The standard InChI is InChI=1S/C24H26NOP/c1-24(2,27-22-15-8-7-12-20(22)17-25-3)21-14-9-13-19(23(21)26)16-18-10-5-4-6-11-18/h4-15,17,26-27H,16H2,1-3H3. The van der Waals surface area contributed by atoms with Crippen LogP contribution in [-0.2, 0) is 11.6 Å². The van der Waals surface area contributed by atoms with Crippen LogP contribution in [0.2, 0.25) is 0 Å². The van der Waals surface area contributed by atoms with Crippen molar-refractivity contribution in [2.24, 2.45) is 4.99 Å². The summed E-state index contributed by atoms with van der Waals surface area (Å²) in [4.78, 5) is 4.18. The second kappa shape index (κ2) is 8.50. The molecule has 1 atom stereocenters. The topological polar surface area (TPSA) is 32.6 Å². The zero-order valence-corrected chi connectivity index (χ0v) is 17.1. The van der Waals surface area contributed by atoms with E-state index in [0.29, 0.717) is 14.3 Å². The highest BCUT2D eigenvalue weighted by Gasteiger charge is 2.26. The minimum absolute atomic E-state index is 0.172. The molecule has 27 heavy (non-hydrogen) atoms. The quantitative estimate of drug-likeness (QED) is 0.462. The first kappa shape index (κ1) is 19.3.